The van der Waals surface area contributed by atoms with Crippen LogP contribution in [0.25, 0.3) is 11.0 Å². The molecule has 1 amide bonds. The van der Waals surface area contributed by atoms with E-state index in [4.69, 9.17) is 4.74 Å². The molecule has 2 aliphatic carbocycles. The van der Waals surface area contributed by atoms with Gasteiger partial charge in [0.05, 0.1) is 21.6 Å². The second kappa shape index (κ2) is 17.3. The number of amides is 1. The topological polar surface area (TPSA) is 163 Å². The van der Waals surface area contributed by atoms with Crippen molar-refractivity contribution >= 4 is 44.0 Å². The zero-order chi connectivity index (χ0) is 41.0. The molecule has 13 nitrogen and oxygen atoms in total. The van der Waals surface area contributed by atoms with Gasteiger partial charge in [0.25, 0.3) is 21.6 Å². The normalized spacial score (nSPS) is 17.9. The molecule has 2 fully saturated rings. The van der Waals surface area contributed by atoms with Crippen LogP contribution < -0.4 is 19.7 Å². The number of aromatic amines is 1. The fraction of sp³-hybridized carbons (Fsp3) is 0.455. The van der Waals surface area contributed by atoms with Crippen molar-refractivity contribution in [2.24, 2.45) is 5.41 Å². The highest BCUT2D eigenvalue weighted by atomic mass is 32.2. The van der Waals surface area contributed by atoms with E-state index in [0.29, 0.717) is 16.8 Å². The third kappa shape index (κ3) is 9.90. The summed E-state index contributed by atoms with van der Waals surface area (Å²) in [6, 6.07) is 12.5. The zero-order valence-corrected chi connectivity index (χ0v) is 34.6. The number of carbonyl (C=O) groups is 1. The molecule has 0 bridgehead atoms. The standard InChI is InChI=1S/C44H55N7O6S/c1-30(2)10-11-32-27-44(3,4)18-16-33(32)29-49-20-22-50(23-21-49)35-12-14-38(41(25-35)57-36-24-31-17-19-45-42(31)46-28-36)43(52)48-58(55,56)37-13-15-39(40(26-37)51(53)54)47-34-8-6-5-7-9-34/h12-15,17,19,24-26,28,34,47H,1,5-11,16,18,20-23,27,29H2,2-4H3,(H,45,46)(H,48,52). The Hall–Kier alpha value is -5.21. The van der Waals surface area contributed by atoms with Crippen LogP contribution in [-0.4, -0.2) is 72.9 Å². The number of fused-ring (bicyclic) bond motifs is 1. The Morgan fingerprint density at radius 3 is 2.57 bits per heavy atom. The first kappa shape index (κ1) is 41.0. The number of rotatable bonds is 14. The number of nitrogens with zero attached hydrogens (tertiary/aromatic N) is 4. The summed E-state index contributed by atoms with van der Waals surface area (Å²) in [7, 11) is -4.52. The molecule has 1 saturated heterocycles. The van der Waals surface area contributed by atoms with Crippen LogP contribution >= 0.6 is 0 Å². The van der Waals surface area contributed by atoms with Gasteiger partial charge in [0, 0.05) is 68.2 Å². The monoisotopic (exact) mass is 809 g/mol. The number of nitro groups is 1. The number of H-pyrrole nitrogens is 1. The lowest BCUT2D eigenvalue weighted by Crippen LogP contribution is -2.47. The number of nitro benzene ring substituents is 1. The number of piperazine rings is 1. The van der Waals surface area contributed by atoms with Crippen LogP contribution in [0.2, 0.25) is 0 Å². The van der Waals surface area contributed by atoms with Crippen molar-refractivity contribution in [3.8, 4) is 11.5 Å². The van der Waals surface area contributed by atoms with Crippen molar-refractivity contribution in [1.29, 1.82) is 0 Å². The molecule has 3 heterocycles. The van der Waals surface area contributed by atoms with Crippen molar-refractivity contribution in [2.75, 3.05) is 42.9 Å². The third-order valence-corrected chi connectivity index (χ3v) is 13.1. The Kier molecular flexibility index (Phi) is 12.2. The number of nitrogens with one attached hydrogen (secondary N) is 3. The molecule has 0 atom stereocenters. The number of hydrogen-bond donors (Lipinski definition) is 3. The van der Waals surface area contributed by atoms with Crippen LogP contribution in [0.1, 0.15) is 95.3 Å². The molecule has 0 unspecified atom stereocenters. The Labute approximate surface area is 341 Å². The summed E-state index contributed by atoms with van der Waals surface area (Å²) in [6.07, 6.45) is 13.8. The van der Waals surface area contributed by atoms with Gasteiger partial charge in [-0.15, -0.1) is 6.58 Å². The van der Waals surface area contributed by atoms with Gasteiger partial charge < -0.3 is 19.9 Å². The van der Waals surface area contributed by atoms with Crippen LogP contribution in [0.5, 0.6) is 11.5 Å². The Bertz CT molecular complexity index is 2320. The minimum atomic E-state index is -4.52. The molecule has 1 saturated carbocycles. The zero-order valence-electron chi connectivity index (χ0n) is 33.8. The maximum atomic E-state index is 13.9. The van der Waals surface area contributed by atoms with E-state index in [0.717, 1.165) is 108 Å². The second-order valence-corrected chi connectivity index (χ2v) is 18.7. The van der Waals surface area contributed by atoms with E-state index >= 15 is 0 Å². The lowest BCUT2D eigenvalue weighted by atomic mass is 9.73. The summed E-state index contributed by atoms with van der Waals surface area (Å²) in [5, 5.41) is 16.1. The molecule has 7 rings (SSSR count). The predicted molar refractivity (Wildman–Crippen MR) is 228 cm³/mol. The summed E-state index contributed by atoms with van der Waals surface area (Å²) in [5.74, 6) is -0.408. The van der Waals surface area contributed by atoms with Gasteiger partial charge in [-0.2, -0.15) is 0 Å². The van der Waals surface area contributed by atoms with Crippen LogP contribution in [0.15, 0.2) is 89.1 Å². The average Bonchev–Trinajstić information content (AvgIpc) is 3.66. The van der Waals surface area contributed by atoms with Crippen LogP contribution in [-0.2, 0) is 10.0 Å². The molecule has 2 aromatic heterocycles. The van der Waals surface area contributed by atoms with Crippen LogP contribution in [0.3, 0.4) is 0 Å². The molecule has 0 radical (unpaired) electrons. The minimum absolute atomic E-state index is 0.0142. The number of carbonyl (C=O) groups excluding carboxylic acids is 1. The van der Waals surface area contributed by atoms with E-state index in [1.54, 1.807) is 41.6 Å². The number of hydrogen-bond acceptors (Lipinski definition) is 10. The highest BCUT2D eigenvalue weighted by molar-refractivity contribution is 7.90. The van der Waals surface area contributed by atoms with E-state index in [2.05, 4.69) is 57.2 Å². The fourth-order valence-electron chi connectivity index (χ4n) is 8.45. The lowest BCUT2D eigenvalue weighted by molar-refractivity contribution is -0.384. The molecule has 0 spiro atoms. The second-order valence-electron chi connectivity index (χ2n) is 17.0. The van der Waals surface area contributed by atoms with Crippen molar-refractivity contribution in [1.82, 2.24) is 19.6 Å². The van der Waals surface area contributed by atoms with E-state index in [1.165, 1.54) is 30.3 Å². The molecule has 308 valence electrons. The third-order valence-electron chi connectivity index (χ3n) is 11.8. The largest absolute Gasteiger partial charge is 0.455 e. The quantitative estimate of drug-likeness (QED) is 0.0636. The fourth-order valence-corrected chi connectivity index (χ4v) is 9.43. The molecule has 58 heavy (non-hydrogen) atoms. The van der Waals surface area contributed by atoms with Crippen molar-refractivity contribution in [3.05, 3.63) is 99.9 Å². The number of sulfonamides is 1. The molecule has 3 N–H and O–H groups in total. The highest BCUT2D eigenvalue weighted by Crippen LogP contribution is 2.41. The molecule has 2 aromatic carbocycles. The SMILES string of the molecule is C=C(C)CCC1=C(CN2CCN(c3ccc(C(=O)NS(=O)(=O)c4ccc(NC5CCCCC5)c([N+](=O)[O-])c4)c(Oc4cnc5[nH]ccc5c4)c3)CC2)CCC(C)(C)C1. The first-order valence-corrected chi connectivity index (χ1v) is 21.9. The maximum absolute atomic E-state index is 13.9. The summed E-state index contributed by atoms with van der Waals surface area (Å²) in [6.45, 7) is 15.2. The summed E-state index contributed by atoms with van der Waals surface area (Å²) >= 11 is 0. The van der Waals surface area contributed by atoms with E-state index in [1.807, 2.05) is 6.07 Å². The van der Waals surface area contributed by atoms with Crippen LogP contribution in [0, 0.1) is 15.5 Å². The molecule has 14 heteroatoms. The van der Waals surface area contributed by atoms with Crippen LogP contribution in [0.4, 0.5) is 17.1 Å². The number of ether oxygens (including phenoxy) is 1. The van der Waals surface area contributed by atoms with Gasteiger partial charge in [-0.3, -0.25) is 19.8 Å². The lowest BCUT2D eigenvalue weighted by Gasteiger charge is -2.39. The minimum Gasteiger partial charge on any atom is -0.455 e. The van der Waals surface area contributed by atoms with Gasteiger partial charge in [0.1, 0.15) is 22.8 Å². The van der Waals surface area contributed by atoms with Gasteiger partial charge in [0.2, 0.25) is 0 Å². The molecule has 4 aromatic rings. The number of pyridine rings is 1. The van der Waals surface area contributed by atoms with Crippen molar-refractivity contribution in [2.45, 2.75) is 95.9 Å². The predicted octanol–water partition coefficient (Wildman–Crippen LogP) is 9.11. The molecular weight excluding hydrogens is 755 g/mol. The summed E-state index contributed by atoms with van der Waals surface area (Å²) in [4.78, 5) is 37.2. The Morgan fingerprint density at radius 2 is 1.83 bits per heavy atom. The smallest absolute Gasteiger partial charge is 0.293 e. The van der Waals surface area contributed by atoms with Crippen molar-refractivity contribution in [3.63, 3.8) is 0 Å². The van der Waals surface area contributed by atoms with E-state index < -0.39 is 25.7 Å². The summed E-state index contributed by atoms with van der Waals surface area (Å²) in [5.41, 5.74) is 6.08. The average molecular weight is 810 g/mol. The van der Waals surface area contributed by atoms with Gasteiger partial charge in [-0.25, -0.2) is 18.1 Å². The van der Waals surface area contributed by atoms with E-state index in [-0.39, 0.29) is 28.7 Å². The molecule has 1 aliphatic heterocycles. The van der Waals surface area contributed by atoms with E-state index in [9.17, 15) is 23.3 Å². The molecular formula is C44H55N7O6S. The van der Waals surface area contributed by atoms with Gasteiger partial charge in [-0.1, -0.05) is 49.8 Å². The number of benzene rings is 2. The van der Waals surface area contributed by atoms with Crippen molar-refractivity contribution < 1.29 is 22.9 Å². The number of aromatic nitrogens is 2. The van der Waals surface area contributed by atoms with Gasteiger partial charge in [-0.05, 0) is 93.7 Å². The maximum Gasteiger partial charge on any atom is 0.293 e. The highest BCUT2D eigenvalue weighted by Gasteiger charge is 2.30. The van der Waals surface area contributed by atoms with Gasteiger partial charge in [0.15, 0.2) is 0 Å². The number of allylic oxidation sites excluding steroid dienone is 2. The van der Waals surface area contributed by atoms with Gasteiger partial charge >= 0.3 is 0 Å². The summed E-state index contributed by atoms with van der Waals surface area (Å²) < 4.78 is 35.7. The number of anilines is 2. The Morgan fingerprint density at radius 1 is 1.05 bits per heavy atom. The molecule has 3 aliphatic rings. The first-order valence-electron chi connectivity index (χ1n) is 20.4. The Balaban J connectivity index is 1.10. The first-order chi connectivity index (χ1) is 27.7.